The van der Waals surface area contributed by atoms with Crippen molar-refractivity contribution >= 4 is 55.2 Å². The van der Waals surface area contributed by atoms with Crippen molar-refractivity contribution in [1.82, 2.24) is 0 Å². The summed E-state index contributed by atoms with van der Waals surface area (Å²) in [6.45, 7) is 17.7. The first-order valence-electron chi connectivity index (χ1n) is 19.2. The fourth-order valence-corrected chi connectivity index (χ4v) is 10.7. The Morgan fingerprint density at radius 3 is 1.09 bits per heavy atom. The van der Waals surface area contributed by atoms with E-state index in [4.69, 9.17) is 0 Å². The predicted molar refractivity (Wildman–Crippen MR) is 234 cm³/mol. The maximum atomic E-state index is 4.06. The van der Waals surface area contributed by atoms with Crippen molar-refractivity contribution in [1.29, 1.82) is 0 Å². The van der Waals surface area contributed by atoms with Crippen molar-refractivity contribution in [3.05, 3.63) is 180 Å². The number of hydrogen-bond donors (Lipinski definition) is 0. The standard InChI is InChI=1S/C54H40/c1-7-31-21-23-35-45-19-11-17-43(51(45)53(3,4)47(35)29-31)33-25-27-41-42-28-26-34(38-14-10-16-40(50(38)42)39-15-9-13-37(33)49(39)41)44-18-12-20-46-36-24-22-32(8-2)30-48(36)54(5,6)52(44)46/h7-30H,1-2H2,3-6H3. The number of rotatable bonds is 4. The highest BCUT2D eigenvalue weighted by Gasteiger charge is 2.39. The Kier molecular flexibility index (Phi) is 6.19. The number of benzene rings is 9. The van der Waals surface area contributed by atoms with E-state index in [1.807, 2.05) is 12.2 Å². The highest BCUT2D eigenvalue weighted by Crippen LogP contribution is 2.56. The van der Waals surface area contributed by atoms with Crippen molar-refractivity contribution in [2.75, 3.05) is 0 Å². The average molecular weight is 689 g/mol. The molecule has 0 N–H and O–H groups in total. The van der Waals surface area contributed by atoms with Crippen molar-refractivity contribution < 1.29 is 0 Å². The minimum Gasteiger partial charge on any atom is -0.0985 e. The van der Waals surface area contributed by atoms with E-state index in [2.05, 4.69) is 174 Å². The summed E-state index contributed by atoms with van der Waals surface area (Å²) in [5.41, 5.74) is 18.2. The topological polar surface area (TPSA) is 0 Å². The minimum absolute atomic E-state index is 0.143. The zero-order chi connectivity index (χ0) is 36.7. The van der Waals surface area contributed by atoms with Crippen LogP contribution in [0.25, 0.3) is 99.7 Å². The maximum Gasteiger partial charge on any atom is 0.0165 e. The summed E-state index contributed by atoms with van der Waals surface area (Å²) in [4.78, 5) is 0. The fourth-order valence-electron chi connectivity index (χ4n) is 10.7. The molecule has 0 amide bonds. The van der Waals surface area contributed by atoms with Crippen molar-refractivity contribution in [3.63, 3.8) is 0 Å². The van der Waals surface area contributed by atoms with Gasteiger partial charge in [0, 0.05) is 10.8 Å². The largest absolute Gasteiger partial charge is 0.0985 e. The number of fused-ring (bicyclic) bond motifs is 8. The van der Waals surface area contributed by atoms with Gasteiger partial charge in [-0.15, -0.1) is 0 Å². The molecule has 9 aromatic rings. The van der Waals surface area contributed by atoms with E-state index in [0.717, 1.165) is 0 Å². The minimum atomic E-state index is -0.143. The van der Waals surface area contributed by atoms with Gasteiger partial charge in [0.2, 0.25) is 0 Å². The highest BCUT2D eigenvalue weighted by molar-refractivity contribution is 6.35. The Labute approximate surface area is 317 Å². The summed E-state index contributed by atoms with van der Waals surface area (Å²) < 4.78 is 0. The van der Waals surface area contributed by atoms with E-state index < -0.39 is 0 Å². The zero-order valence-corrected chi connectivity index (χ0v) is 31.3. The molecule has 2 aliphatic rings. The second kappa shape index (κ2) is 10.7. The third kappa shape index (κ3) is 3.88. The summed E-state index contributed by atoms with van der Waals surface area (Å²) in [6.07, 6.45) is 3.91. The van der Waals surface area contributed by atoms with Gasteiger partial charge in [0.25, 0.3) is 0 Å². The van der Waals surface area contributed by atoms with Gasteiger partial charge in [-0.25, -0.2) is 0 Å². The molecule has 0 aromatic heterocycles. The molecule has 2 aliphatic carbocycles. The Morgan fingerprint density at radius 1 is 0.352 bits per heavy atom. The molecule has 256 valence electrons. The lowest BCUT2D eigenvalue weighted by Crippen LogP contribution is -2.16. The Morgan fingerprint density at radius 2 is 0.685 bits per heavy atom. The molecular formula is C54H40. The van der Waals surface area contributed by atoms with E-state index in [-0.39, 0.29) is 10.8 Å². The van der Waals surface area contributed by atoms with Gasteiger partial charge in [-0.05, 0) is 121 Å². The molecule has 0 aliphatic heterocycles. The molecule has 9 aromatic carbocycles. The lowest BCUT2D eigenvalue weighted by Gasteiger charge is -2.26. The molecule has 0 radical (unpaired) electrons. The molecule has 0 unspecified atom stereocenters. The molecule has 0 saturated carbocycles. The average Bonchev–Trinajstić information content (AvgIpc) is 3.58. The molecular weight excluding hydrogens is 649 g/mol. The molecule has 0 saturated heterocycles. The maximum absolute atomic E-state index is 4.06. The first-order valence-corrected chi connectivity index (χ1v) is 19.2. The van der Waals surface area contributed by atoms with Crippen LogP contribution in [0.1, 0.15) is 61.1 Å². The monoisotopic (exact) mass is 688 g/mol. The van der Waals surface area contributed by atoms with E-state index in [0.29, 0.717) is 0 Å². The van der Waals surface area contributed by atoms with Gasteiger partial charge in [-0.3, -0.25) is 0 Å². The Hall–Kier alpha value is -6.24. The van der Waals surface area contributed by atoms with Crippen LogP contribution in [-0.2, 0) is 10.8 Å². The lowest BCUT2D eigenvalue weighted by atomic mass is 9.77. The van der Waals surface area contributed by atoms with Gasteiger partial charge in [-0.2, -0.15) is 0 Å². The summed E-state index contributed by atoms with van der Waals surface area (Å²) in [6, 6.07) is 50.8. The SMILES string of the molecule is C=Cc1ccc2c(c1)C(C)(C)c1c-2cccc1-c1ccc2c3ccc(-c4cccc5c4C(C)(C)c4cc(C=C)ccc4-5)c4cccc(c5cccc1c52)c43. The van der Waals surface area contributed by atoms with Gasteiger partial charge in [0.05, 0.1) is 0 Å². The summed E-state index contributed by atoms with van der Waals surface area (Å²) in [7, 11) is 0. The van der Waals surface area contributed by atoms with Crippen LogP contribution in [-0.4, -0.2) is 0 Å². The number of hydrogen-bond acceptors (Lipinski definition) is 0. The van der Waals surface area contributed by atoms with E-state index in [9.17, 15) is 0 Å². The van der Waals surface area contributed by atoms with Crippen LogP contribution in [0.4, 0.5) is 0 Å². The van der Waals surface area contributed by atoms with Gasteiger partial charge >= 0.3 is 0 Å². The molecule has 0 heteroatoms. The fraction of sp³-hybridized carbons (Fsp3) is 0.111. The van der Waals surface area contributed by atoms with Gasteiger partial charge < -0.3 is 0 Å². The second-order valence-electron chi connectivity index (χ2n) is 16.5. The van der Waals surface area contributed by atoms with Gasteiger partial charge in [0.15, 0.2) is 0 Å². The van der Waals surface area contributed by atoms with Crippen LogP contribution < -0.4 is 0 Å². The van der Waals surface area contributed by atoms with Crippen LogP contribution in [0.2, 0.25) is 0 Å². The lowest BCUT2D eigenvalue weighted by molar-refractivity contribution is 0.662. The molecule has 0 bridgehead atoms. The summed E-state index contributed by atoms with van der Waals surface area (Å²) in [5, 5.41) is 10.6. The van der Waals surface area contributed by atoms with Crippen molar-refractivity contribution in [2.45, 2.75) is 38.5 Å². The smallest absolute Gasteiger partial charge is 0.0165 e. The molecule has 0 heterocycles. The first-order chi connectivity index (χ1) is 26.2. The normalized spacial score (nSPS) is 14.7. The Balaban J connectivity index is 1.15. The first kappa shape index (κ1) is 31.3. The molecule has 54 heavy (non-hydrogen) atoms. The molecule has 0 atom stereocenters. The second-order valence-corrected chi connectivity index (χ2v) is 16.5. The van der Waals surface area contributed by atoms with Crippen LogP contribution >= 0.6 is 0 Å². The van der Waals surface area contributed by atoms with Gasteiger partial charge in [0.1, 0.15) is 0 Å². The summed E-state index contributed by atoms with van der Waals surface area (Å²) in [5.74, 6) is 0. The van der Waals surface area contributed by atoms with Crippen LogP contribution in [0.3, 0.4) is 0 Å². The Bertz CT molecular complexity index is 2890. The quantitative estimate of drug-likeness (QED) is 0.128. The third-order valence-electron chi connectivity index (χ3n) is 13.1. The van der Waals surface area contributed by atoms with E-state index in [1.54, 1.807) is 0 Å². The highest BCUT2D eigenvalue weighted by atomic mass is 14.4. The van der Waals surface area contributed by atoms with Gasteiger partial charge in [-0.1, -0.05) is 186 Å². The van der Waals surface area contributed by atoms with E-state index >= 15 is 0 Å². The van der Waals surface area contributed by atoms with Crippen LogP contribution in [0, 0.1) is 0 Å². The van der Waals surface area contributed by atoms with E-state index in [1.165, 1.54) is 121 Å². The molecule has 0 fully saturated rings. The molecule has 11 rings (SSSR count). The van der Waals surface area contributed by atoms with Crippen LogP contribution in [0.5, 0.6) is 0 Å². The van der Waals surface area contributed by atoms with Crippen molar-refractivity contribution in [3.8, 4) is 44.5 Å². The molecule has 0 nitrogen and oxygen atoms in total. The third-order valence-corrected chi connectivity index (χ3v) is 13.1. The predicted octanol–water partition coefficient (Wildman–Crippen LogP) is 15.0. The summed E-state index contributed by atoms with van der Waals surface area (Å²) >= 11 is 0. The zero-order valence-electron chi connectivity index (χ0n) is 31.3. The van der Waals surface area contributed by atoms with Crippen LogP contribution in [0.15, 0.2) is 147 Å². The van der Waals surface area contributed by atoms with Crippen molar-refractivity contribution in [2.24, 2.45) is 0 Å². The molecule has 0 spiro atoms.